The van der Waals surface area contributed by atoms with E-state index in [1.165, 1.54) is 18.9 Å². The summed E-state index contributed by atoms with van der Waals surface area (Å²) in [6.45, 7) is 3.11. The Morgan fingerprint density at radius 1 is 1.09 bits per heavy atom. The van der Waals surface area contributed by atoms with E-state index in [1.54, 1.807) is 43.5 Å². The van der Waals surface area contributed by atoms with Crippen molar-refractivity contribution in [3.8, 4) is 11.5 Å². The van der Waals surface area contributed by atoms with Crippen molar-refractivity contribution in [1.29, 1.82) is 0 Å². The average molecular weight is 438 g/mol. The van der Waals surface area contributed by atoms with E-state index < -0.39 is 5.91 Å². The van der Waals surface area contributed by atoms with Crippen LogP contribution in [0.3, 0.4) is 0 Å². The van der Waals surface area contributed by atoms with Gasteiger partial charge in [0.05, 0.1) is 25.5 Å². The molecule has 0 atom stereocenters. The van der Waals surface area contributed by atoms with Crippen LogP contribution >= 0.6 is 0 Å². The zero-order chi connectivity index (χ0) is 23.4. The van der Waals surface area contributed by atoms with E-state index in [4.69, 9.17) is 15.2 Å². The van der Waals surface area contributed by atoms with E-state index in [9.17, 15) is 14.4 Å². The van der Waals surface area contributed by atoms with Crippen LogP contribution in [0, 0.1) is 0 Å². The molecule has 9 nitrogen and oxygen atoms in total. The number of carbonyl (C=O) groups is 3. The largest absolute Gasteiger partial charge is 0.493 e. The number of rotatable bonds is 8. The Morgan fingerprint density at radius 3 is 2.25 bits per heavy atom. The molecule has 9 heteroatoms. The van der Waals surface area contributed by atoms with E-state index in [0.29, 0.717) is 34.9 Å². The Hall–Kier alpha value is -4.01. The number of hydrogen-bond donors (Lipinski definition) is 3. The lowest BCUT2D eigenvalue weighted by Crippen LogP contribution is -2.37. The van der Waals surface area contributed by atoms with Gasteiger partial charge in [0.15, 0.2) is 11.5 Å². The molecule has 4 N–H and O–H groups in total. The van der Waals surface area contributed by atoms with E-state index in [-0.39, 0.29) is 18.4 Å². The number of carbonyl (C=O) groups excluding carboxylic acids is 3. The van der Waals surface area contributed by atoms with Gasteiger partial charge in [0, 0.05) is 35.6 Å². The second-order valence-electron chi connectivity index (χ2n) is 7.16. The summed E-state index contributed by atoms with van der Waals surface area (Å²) < 4.78 is 10.7. The van der Waals surface area contributed by atoms with Crippen molar-refractivity contribution in [3.63, 3.8) is 0 Å². The first kappa shape index (κ1) is 22.7. The normalized spacial score (nSPS) is 13.7. The highest BCUT2D eigenvalue weighted by Crippen LogP contribution is 2.42. The Morgan fingerprint density at radius 2 is 1.72 bits per heavy atom. The number of benzene rings is 2. The van der Waals surface area contributed by atoms with E-state index >= 15 is 0 Å². The quantitative estimate of drug-likeness (QED) is 0.545. The summed E-state index contributed by atoms with van der Waals surface area (Å²) >= 11 is 0. The molecule has 0 aliphatic carbocycles. The molecule has 0 spiro atoms. The second-order valence-corrected chi connectivity index (χ2v) is 7.16. The average Bonchev–Trinajstić information content (AvgIpc) is 3.09. The van der Waals surface area contributed by atoms with Gasteiger partial charge in [-0.25, -0.2) is 0 Å². The Bertz CT molecular complexity index is 1090. The summed E-state index contributed by atoms with van der Waals surface area (Å²) in [5, 5.41) is 6.16. The molecular formula is C23H26N4O5. The molecule has 0 saturated heterocycles. The molecule has 0 radical (unpaired) electrons. The zero-order valence-corrected chi connectivity index (χ0v) is 18.4. The van der Waals surface area contributed by atoms with Crippen molar-refractivity contribution in [1.82, 2.24) is 0 Å². The number of hydrogen-bond acceptors (Lipinski definition) is 6. The molecule has 3 amide bonds. The van der Waals surface area contributed by atoms with E-state index in [1.807, 2.05) is 6.92 Å². The maximum absolute atomic E-state index is 12.8. The number of allylic oxidation sites excluding steroid dienone is 1. The minimum atomic E-state index is -0.599. The molecule has 32 heavy (non-hydrogen) atoms. The number of amides is 3. The fourth-order valence-corrected chi connectivity index (χ4v) is 3.56. The first-order valence-corrected chi connectivity index (χ1v) is 10.0. The number of nitrogens with zero attached hydrogens (tertiary/aromatic N) is 1. The Balaban J connectivity index is 1.94. The molecular weight excluding hydrogens is 412 g/mol. The molecule has 1 aliphatic rings. The zero-order valence-electron chi connectivity index (χ0n) is 18.4. The highest BCUT2D eigenvalue weighted by atomic mass is 16.5. The summed E-state index contributed by atoms with van der Waals surface area (Å²) in [7, 11) is 3.08. The van der Waals surface area contributed by atoms with Crippen LogP contribution in [-0.2, 0) is 14.4 Å². The van der Waals surface area contributed by atoms with Gasteiger partial charge in [-0.15, -0.1) is 0 Å². The number of methoxy groups -OCH3 is 2. The van der Waals surface area contributed by atoms with Gasteiger partial charge < -0.3 is 30.7 Å². The molecule has 2 aromatic rings. The number of nitrogens with one attached hydrogen (secondary N) is 2. The third-order valence-electron chi connectivity index (χ3n) is 5.09. The minimum Gasteiger partial charge on any atom is -0.493 e. The van der Waals surface area contributed by atoms with Gasteiger partial charge in [0.2, 0.25) is 11.8 Å². The van der Waals surface area contributed by atoms with Crippen molar-refractivity contribution >= 4 is 40.4 Å². The monoisotopic (exact) mass is 438 g/mol. The standard InChI is InChI=1S/C23H26N4O5/c1-5-17(22-16-10-19(31-3)20(32-4)11-18(16)26-23(22)30)25-14-6-8-15(9-7-14)27(13(2)28)12-21(24)29/h6-11,25H,5,12H2,1-4H3,(H2,24,29)(H,26,30)/b22-17-. The molecule has 0 aromatic heterocycles. The van der Waals surface area contributed by atoms with Crippen LogP contribution in [0.2, 0.25) is 0 Å². The van der Waals surface area contributed by atoms with Gasteiger partial charge in [-0.3, -0.25) is 14.4 Å². The van der Waals surface area contributed by atoms with Gasteiger partial charge in [-0.1, -0.05) is 6.92 Å². The number of nitrogens with two attached hydrogens (primary N) is 1. The van der Waals surface area contributed by atoms with Crippen molar-refractivity contribution in [2.45, 2.75) is 20.3 Å². The first-order valence-electron chi connectivity index (χ1n) is 10.0. The van der Waals surface area contributed by atoms with Crippen LogP contribution in [0.5, 0.6) is 11.5 Å². The van der Waals surface area contributed by atoms with Gasteiger partial charge in [-0.2, -0.15) is 0 Å². The lowest BCUT2D eigenvalue weighted by molar-refractivity contribution is -0.121. The predicted octanol–water partition coefficient (Wildman–Crippen LogP) is 2.73. The molecule has 168 valence electrons. The molecule has 1 heterocycles. The fourth-order valence-electron chi connectivity index (χ4n) is 3.56. The molecule has 2 aromatic carbocycles. The molecule has 0 saturated carbocycles. The molecule has 0 fully saturated rings. The number of anilines is 3. The topological polar surface area (TPSA) is 123 Å². The molecule has 0 unspecified atom stereocenters. The van der Waals surface area contributed by atoms with Gasteiger partial charge in [0.25, 0.3) is 5.91 Å². The third kappa shape index (κ3) is 4.51. The summed E-state index contributed by atoms with van der Waals surface area (Å²) in [6.07, 6.45) is 0.569. The highest BCUT2D eigenvalue weighted by Gasteiger charge is 2.29. The van der Waals surface area contributed by atoms with E-state index in [0.717, 1.165) is 16.9 Å². The van der Waals surface area contributed by atoms with Crippen LogP contribution < -0.4 is 30.7 Å². The van der Waals surface area contributed by atoms with Gasteiger partial charge in [0.1, 0.15) is 6.54 Å². The summed E-state index contributed by atoms with van der Waals surface area (Å²) in [5.74, 6) is -0.0532. The maximum atomic E-state index is 12.8. The van der Waals surface area contributed by atoms with Crippen LogP contribution in [0.4, 0.5) is 17.1 Å². The second kappa shape index (κ2) is 9.42. The Labute approximate surface area is 186 Å². The third-order valence-corrected chi connectivity index (χ3v) is 5.09. The molecule has 1 aliphatic heterocycles. The van der Waals surface area contributed by atoms with Crippen molar-refractivity contribution < 1.29 is 23.9 Å². The summed E-state index contributed by atoms with van der Waals surface area (Å²) in [5.41, 5.74) is 9.12. The first-order chi connectivity index (χ1) is 15.3. The van der Waals surface area contributed by atoms with Crippen LogP contribution in [0.15, 0.2) is 42.1 Å². The SMILES string of the molecule is CC/C(Nc1ccc(N(CC(N)=O)C(C)=O)cc1)=C1/C(=O)Nc2cc(OC)c(OC)cc21. The van der Waals surface area contributed by atoms with Crippen LogP contribution in [0.25, 0.3) is 5.57 Å². The van der Waals surface area contributed by atoms with Crippen LogP contribution in [0.1, 0.15) is 25.8 Å². The highest BCUT2D eigenvalue weighted by molar-refractivity contribution is 6.32. The summed E-state index contributed by atoms with van der Waals surface area (Å²) in [6, 6.07) is 10.5. The summed E-state index contributed by atoms with van der Waals surface area (Å²) in [4.78, 5) is 37.2. The molecule has 3 rings (SSSR count). The maximum Gasteiger partial charge on any atom is 0.258 e. The smallest absolute Gasteiger partial charge is 0.258 e. The van der Waals surface area contributed by atoms with Crippen LogP contribution in [-0.4, -0.2) is 38.5 Å². The van der Waals surface area contributed by atoms with Gasteiger partial charge in [-0.05, 0) is 36.8 Å². The number of fused-ring (bicyclic) bond motifs is 1. The van der Waals surface area contributed by atoms with Crippen molar-refractivity contribution in [2.75, 3.05) is 36.3 Å². The predicted molar refractivity (Wildman–Crippen MR) is 123 cm³/mol. The fraction of sp³-hybridized carbons (Fsp3) is 0.261. The molecule has 0 bridgehead atoms. The number of primary amides is 1. The van der Waals surface area contributed by atoms with E-state index in [2.05, 4.69) is 10.6 Å². The van der Waals surface area contributed by atoms with Crippen molar-refractivity contribution in [3.05, 3.63) is 47.7 Å². The number of ether oxygens (including phenoxy) is 2. The minimum absolute atomic E-state index is 0.200. The lowest BCUT2D eigenvalue weighted by Gasteiger charge is -2.20. The Kier molecular flexibility index (Phi) is 6.67. The lowest BCUT2D eigenvalue weighted by atomic mass is 10.0. The van der Waals surface area contributed by atoms with Gasteiger partial charge >= 0.3 is 0 Å². The van der Waals surface area contributed by atoms with Crippen molar-refractivity contribution in [2.24, 2.45) is 5.73 Å².